The first-order valence-electron chi connectivity index (χ1n) is 5.72. The lowest BCUT2D eigenvalue weighted by atomic mass is 10.4. The zero-order chi connectivity index (χ0) is 12.2. The van der Waals surface area contributed by atoms with Gasteiger partial charge in [-0.3, -0.25) is 0 Å². The molecule has 0 unspecified atom stereocenters. The second-order valence-electron chi connectivity index (χ2n) is 3.38. The van der Waals surface area contributed by atoms with E-state index in [0.717, 1.165) is 37.8 Å². The van der Waals surface area contributed by atoms with Crippen LogP contribution in [-0.2, 0) is 19.1 Å². The normalized spacial score (nSPS) is 9.76. The number of rotatable bonds is 8. The van der Waals surface area contributed by atoms with Gasteiger partial charge in [0.15, 0.2) is 0 Å². The summed E-state index contributed by atoms with van der Waals surface area (Å²) in [4.78, 5) is 22.1. The van der Waals surface area contributed by atoms with Gasteiger partial charge < -0.3 is 9.47 Å². The summed E-state index contributed by atoms with van der Waals surface area (Å²) in [5.74, 6) is -0.998. The Hall–Kier alpha value is -1.03. The maximum absolute atomic E-state index is 11.0. The Morgan fingerprint density at radius 2 is 1.24 bits per heavy atom. The van der Waals surface area contributed by atoms with Crippen LogP contribution in [0.4, 0.5) is 0 Å². The molecule has 0 heterocycles. The van der Waals surface area contributed by atoms with E-state index in [1.54, 1.807) is 0 Å². The Kier molecular flexibility index (Phi) is 14.1. The van der Waals surface area contributed by atoms with Crippen LogP contribution in [-0.4, -0.2) is 25.2 Å². The molecule has 0 saturated carbocycles. The summed E-state index contributed by atoms with van der Waals surface area (Å²) in [5.41, 5.74) is 0. The van der Waals surface area contributed by atoms with Crippen molar-refractivity contribution in [2.24, 2.45) is 0 Å². The maximum atomic E-state index is 11.0. The molecule has 5 heteroatoms. The second kappa shape index (κ2) is 13.0. The third-order valence-corrected chi connectivity index (χ3v) is 1.84. The molecule has 100 valence electrons. The minimum Gasteiger partial charge on any atom is -0.463 e. The van der Waals surface area contributed by atoms with Crippen molar-refractivity contribution in [3.8, 4) is 0 Å². The molecule has 17 heavy (non-hydrogen) atoms. The summed E-state index contributed by atoms with van der Waals surface area (Å²) in [5, 5.41) is 0. The van der Waals surface area contributed by atoms with Crippen LogP contribution in [0.3, 0.4) is 0 Å². The van der Waals surface area contributed by atoms with E-state index in [-0.39, 0.29) is 12.4 Å². The quantitative estimate of drug-likeness (QED) is 0.384. The van der Waals surface area contributed by atoms with Crippen molar-refractivity contribution in [1.29, 1.82) is 0 Å². The molecule has 0 aromatic heterocycles. The zero-order valence-corrected chi connectivity index (χ0v) is 11.3. The number of hydrogen-bond acceptors (Lipinski definition) is 4. The van der Waals surface area contributed by atoms with Gasteiger partial charge in [0.25, 0.3) is 0 Å². The largest absolute Gasteiger partial charge is 0.463 e. The summed E-state index contributed by atoms with van der Waals surface area (Å²) < 4.78 is 9.65. The Morgan fingerprint density at radius 1 is 0.882 bits per heavy atom. The van der Waals surface area contributed by atoms with Crippen LogP contribution < -0.4 is 0 Å². The van der Waals surface area contributed by atoms with Gasteiger partial charge in [-0.05, 0) is 12.8 Å². The molecular formula is C12H21ClO4. The van der Waals surface area contributed by atoms with Crippen LogP contribution >= 0.6 is 12.4 Å². The van der Waals surface area contributed by atoms with Gasteiger partial charge >= 0.3 is 11.9 Å². The summed E-state index contributed by atoms with van der Waals surface area (Å²) >= 11 is 0. The lowest BCUT2D eigenvalue weighted by Crippen LogP contribution is -2.05. The average molecular weight is 265 g/mol. The number of ether oxygens (including phenoxy) is 2. The maximum Gasteiger partial charge on any atom is 0.331 e. The van der Waals surface area contributed by atoms with Crippen LogP contribution in [0.1, 0.15) is 39.5 Å². The van der Waals surface area contributed by atoms with Gasteiger partial charge in [-0.1, -0.05) is 26.7 Å². The molecule has 0 amide bonds. The Balaban J connectivity index is 0. The van der Waals surface area contributed by atoms with Gasteiger partial charge in [-0.2, -0.15) is 0 Å². The first-order chi connectivity index (χ1) is 7.70. The minimum absolute atomic E-state index is 0. The van der Waals surface area contributed by atoms with E-state index in [1.165, 1.54) is 0 Å². The van der Waals surface area contributed by atoms with Gasteiger partial charge in [-0.15, -0.1) is 12.4 Å². The lowest BCUT2D eigenvalue weighted by molar-refractivity contribution is -0.140. The van der Waals surface area contributed by atoms with Gasteiger partial charge in [-0.25, -0.2) is 9.59 Å². The minimum atomic E-state index is -0.499. The monoisotopic (exact) mass is 264 g/mol. The molecule has 0 radical (unpaired) electrons. The van der Waals surface area contributed by atoms with E-state index in [0.29, 0.717) is 13.2 Å². The Morgan fingerprint density at radius 3 is 1.53 bits per heavy atom. The van der Waals surface area contributed by atoms with Crippen molar-refractivity contribution in [2.45, 2.75) is 39.5 Å². The molecule has 0 aliphatic heterocycles. The van der Waals surface area contributed by atoms with E-state index in [2.05, 4.69) is 0 Å². The van der Waals surface area contributed by atoms with Gasteiger partial charge in [0.1, 0.15) is 0 Å². The first kappa shape index (κ1) is 18.3. The third kappa shape index (κ3) is 12.9. The fraction of sp³-hybridized carbons (Fsp3) is 0.667. The van der Waals surface area contributed by atoms with Gasteiger partial charge in [0.2, 0.25) is 0 Å². The van der Waals surface area contributed by atoms with Crippen molar-refractivity contribution < 1.29 is 19.1 Å². The summed E-state index contributed by atoms with van der Waals surface area (Å²) in [6, 6.07) is 0. The van der Waals surface area contributed by atoms with E-state index < -0.39 is 11.9 Å². The fourth-order valence-corrected chi connectivity index (χ4v) is 0.867. The predicted octanol–water partition coefficient (Wildman–Crippen LogP) is 2.65. The fourth-order valence-electron chi connectivity index (χ4n) is 0.867. The second-order valence-corrected chi connectivity index (χ2v) is 3.38. The number of halogens is 1. The van der Waals surface area contributed by atoms with Crippen molar-refractivity contribution in [1.82, 2.24) is 0 Å². The molecule has 0 spiro atoms. The number of carbonyl (C=O) groups excluding carboxylic acids is 2. The standard InChI is InChI=1S/C12H20O4.ClH/c1-3-5-9-15-11(13)7-8-12(14)16-10-6-4-2;/h7-8H,3-6,9-10H2,1-2H3;1H/b8-7-;. The molecule has 0 N–H and O–H groups in total. The van der Waals surface area contributed by atoms with E-state index >= 15 is 0 Å². The third-order valence-electron chi connectivity index (χ3n) is 1.84. The molecule has 0 aromatic rings. The zero-order valence-electron chi connectivity index (χ0n) is 10.4. The van der Waals surface area contributed by atoms with E-state index in [1.807, 2.05) is 13.8 Å². The number of esters is 2. The molecular weight excluding hydrogens is 244 g/mol. The molecule has 0 aliphatic rings. The predicted molar refractivity (Wildman–Crippen MR) is 68.1 cm³/mol. The highest BCUT2D eigenvalue weighted by atomic mass is 35.5. The summed E-state index contributed by atoms with van der Waals surface area (Å²) in [6.07, 6.45) is 5.81. The van der Waals surface area contributed by atoms with Gasteiger partial charge in [0.05, 0.1) is 13.2 Å². The average Bonchev–Trinajstić information content (AvgIpc) is 2.27. The molecule has 0 rings (SSSR count). The van der Waals surface area contributed by atoms with Crippen molar-refractivity contribution in [3.63, 3.8) is 0 Å². The van der Waals surface area contributed by atoms with Crippen LogP contribution in [0.15, 0.2) is 12.2 Å². The molecule has 0 atom stereocenters. The molecule has 0 fully saturated rings. The van der Waals surface area contributed by atoms with E-state index in [4.69, 9.17) is 9.47 Å². The topological polar surface area (TPSA) is 52.6 Å². The summed E-state index contributed by atoms with van der Waals surface area (Å²) in [6.45, 7) is 4.80. The first-order valence-corrected chi connectivity index (χ1v) is 5.72. The molecule has 0 saturated heterocycles. The molecule has 0 bridgehead atoms. The molecule has 4 nitrogen and oxygen atoms in total. The SMILES string of the molecule is CCCCOC(=O)/C=C\C(=O)OCCCC.Cl. The van der Waals surface area contributed by atoms with Crippen LogP contribution in [0.5, 0.6) is 0 Å². The highest BCUT2D eigenvalue weighted by Crippen LogP contribution is 1.92. The van der Waals surface area contributed by atoms with Crippen LogP contribution in [0.25, 0.3) is 0 Å². The van der Waals surface area contributed by atoms with Crippen LogP contribution in [0.2, 0.25) is 0 Å². The van der Waals surface area contributed by atoms with Crippen molar-refractivity contribution in [3.05, 3.63) is 12.2 Å². The highest BCUT2D eigenvalue weighted by molar-refractivity contribution is 5.91. The van der Waals surface area contributed by atoms with Crippen molar-refractivity contribution in [2.75, 3.05) is 13.2 Å². The highest BCUT2D eigenvalue weighted by Gasteiger charge is 2.00. The van der Waals surface area contributed by atoms with Gasteiger partial charge in [0, 0.05) is 12.2 Å². The smallest absolute Gasteiger partial charge is 0.331 e. The number of unbranched alkanes of at least 4 members (excludes halogenated alkanes) is 2. The van der Waals surface area contributed by atoms with E-state index in [9.17, 15) is 9.59 Å². The summed E-state index contributed by atoms with van der Waals surface area (Å²) in [7, 11) is 0. The molecule has 0 aliphatic carbocycles. The van der Waals surface area contributed by atoms with Crippen LogP contribution in [0, 0.1) is 0 Å². The Labute approximate surface area is 109 Å². The number of hydrogen-bond donors (Lipinski definition) is 0. The van der Waals surface area contributed by atoms with Crippen molar-refractivity contribution >= 4 is 24.3 Å². The molecule has 0 aromatic carbocycles. The number of carbonyl (C=O) groups is 2. The Bertz CT molecular complexity index is 215. The lowest BCUT2D eigenvalue weighted by Gasteiger charge is -2.00.